The second kappa shape index (κ2) is 22.4. The summed E-state index contributed by atoms with van der Waals surface area (Å²) in [5, 5.41) is 17.4. The number of imidazole rings is 1. The van der Waals surface area contributed by atoms with Gasteiger partial charge in [0.25, 0.3) is 5.56 Å². The number of aromatic amines is 1. The summed E-state index contributed by atoms with van der Waals surface area (Å²) in [7, 11) is 0.901. The number of H-pyrrole nitrogens is 1. The Kier molecular flexibility index (Phi) is 15.4. The molecule has 8 aromatic rings. The zero-order valence-corrected chi connectivity index (χ0v) is 41.8. The number of amides is 2. The van der Waals surface area contributed by atoms with Gasteiger partial charge in [0.2, 0.25) is 17.8 Å². The van der Waals surface area contributed by atoms with Crippen LogP contribution in [0.4, 0.5) is 10.7 Å². The number of fused-ring (bicyclic) bond motifs is 2. The normalized spacial score (nSPS) is 15.7. The van der Waals surface area contributed by atoms with Crippen LogP contribution in [-0.4, -0.2) is 115 Å². The van der Waals surface area contributed by atoms with Gasteiger partial charge in [0.05, 0.1) is 63.0 Å². The molecule has 388 valence electrons. The second-order valence-electron chi connectivity index (χ2n) is 17.5. The summed E-state index contributed by atoms with van der Waals surface area (Å²) in [4.78, 5) is 64.1. The summed E-state index contributed by atoms with van der Waals surface area (Å²) in [6.07, 6.45) is -0.914. The van der Waals surface area contributed by atoms with Crippen molar-refractivity contribution in [2.75, 3.05) is 52.2 Å². The van der Waals surface area contributed by atoms with Gasteiger partial charge in [-0.15, -0.1) is 0 Å². The number of sulfone groups is 1. The number of aliphatic hydroxyl groups is 1. The summed E-state index contributed by atoms with van der Waals surface area (Å²) < 4.78 is 63.2. The molecule has 2 unspecified atom stereocenters. The zero-order chi connectivity index (χ0) is 52.7. The molecule has 5 aromatic carbocycles. The van der Waals surface area contributed by atoms with Crippen molar-refractivity contribution in [3.05, 3.63) is 173 Å². The number of anilines is 1. The lowest BCUT2D eigenvalue weighted by Crippen LogP contribution is -2.38. The lowest BCUT2D eigenvalue weighted by molar-refractivity contribution is -0.120. The van der Waals surface area contributed by atoms with E-state index < -0.39 is 69.7 Å². The number of carbonyl (C=O) groups is 3. The first-order chi connectivity index (χ1) is 36.3. The minimum atomic E-state index is -3.76. The van der Waals surface area contributed by atoms with E-state index in [1.54, 1.807) is 38.5 Å². The Morgan fingerprint density at radius 2 is 1.43 bits per heavy atom. The Bertz CT molecular complexity index is 3440. The molecule has 1 aliphatic rings. The van der Waals surface area contributed by atoms with Gasteiger partial charge in [0.1, 0.15) is 41.8 Å². The predicted octanol–water partition coefficient (Wildman–Crippen LogP) is 5.90. The third-order valence-electron chi connectivity index (χ3n) is 12.9. The molecule has 1 saturated heterocycles. The Morgan fingerprint density at radius 3 is 2.08 bits per heavy atom. The lowest BCUT2D eigenvalue weighted by Gasteiger charge is -2.37. The average molecular weight is 1040 g/mol. The van der Waals surface area contributed by atoms with Crippen molar-refractivity contribution in [3.63, 3.8) is 0 Å². The molecule has 0 bridgehead atoms. The summed E-state index contributed by atoms with van der Waals surface area (Å²) in [6, 6.07) is 37.6. The quantitative estimate of drug-likeness (QED) is 0.0648. The molecule has 9 rings (SSSR count). The molecule has 2 amide bonds. The molecule has 1 fully saturated rings. The van der Waals surface area contributed by atoms with Crippen molar-refractivity contribution < 1.29 is 56.3 Å². The first-order valence-electron chi connectivity index (χ1n) is 23.8. The van der Waals surface area contributed by atoms with Gasteiger partial charge in [-0.05, 0) is 76.9 Å². The Morgan fingerprint density at radius 1 is 0.813 bits per heavy atom. The fraction of sp³-hybridized carbons (Fsp3) is 0.259. The van der Waals surface area contributed by atoms with Crippen LogP contribution in [0.5, 0.6) is 17.2 Å². The highest BCUT2D eigenvalue weighted by molar-refractivity contribution is 7.91. The predicted molar refractivity (Wildman–Crippen MR) is 275 cm³/mol. The van der Waals surface area contributed by atoms with Gasteiger partial charge in [-0.2, -0.15) is 4.98 Å². The van der Waals surface area contributed by atoms with Crippen molar-refractivity contribution >= 4 is 55.8 Å². The Hall–Kier alpha value is -8.37. The molecular formula is C54H53N7O13S. The van der Waals surface area contributed by atoms with E-state index >= 15 is 0 Å². The Labute approximate surface area is 430 Å². The van der Waals surface area contributed by atoms with Crippen LogP contribution < -0.4 is 30.4 Å². The number of rotatable bonds is 20. The number of methoxy groups -OCH3 is 3. The van der Waals surface area contributed by atoms with Crippen molar-refractivity contribution in [3.8, 4) is 17.2 Å². The van der Waals surface area contributed by atoms with Gasteiger partial charge < -0.3 is 38.8 Å². The molecule has 3 atom stereocenters. The molecule has 4 heterocycles. The largest absolute Gasteiger partial charge is 0.497 e. The van der Waals surface area contributed by atoms with E-state index in [0.29, 0.717) is 33.7 Å². The molecule has 21 heteroatoms. The number of benzene rings is 5. The van der Waals surface area contributed by atoms with Crippen LogP contribution in [0.25, 0.3) is 22.1 Å². The van der Waals surface area contributed by atoms with Crippen LogP contribution in [0.1, 0.15) is 41.3 Å². The number of nitrogens with one attached hydrogen (secondary N) is 3. The van der Waals surface area contributed by atoms with Gasteiger partial charge in [0.15, 0.2) is 21.0 Å². The fourth-order valence-corrected chi connectivity index (χ4v) is 10.1. The molecule has 4 N–H and O–H groups in total. The SMILES string of the molecule is COc1ccc(C(OCC2OC(n3cnc4c(=O)[nH]c(NC(=O)CCNC(=O)Cc5cn(C(=O)OCCS(=O)(=O)c6ccc(OC)cc6)c6ccccc56)nc43)C[C@H]2O)(c2ccccc2)c2ccc(OC)cc2)cc1. The highest BCUT2D eigenvalue weighted by Crippen LogP contribution is 2.43. The van der Waals surface area contributed by atoms with E-state index in [0.717, 1.165) is 16.7 Å². The maximum Gasteiger partial charge on any atom is 0.418 e. The number of ether oxygens (including phenoxy) is 6. The van der Waals surface area contributed by atoms with Crippen LogP contribution in [0.2, 0.25) is 0 Å². The molecule has 0 saturated carbocycles. The van der Waals surface area contributed by atoms with Crippen LogP contribution in [0.3, 0.4) is 0 Å². The summed E-state index contributed by atoms with van der Waals surface area (Å²) in [5.41, 5.74) is 1.62. The molecule has 0 radical (unpaired) electrons. The third-order valence-corrected chi connectivity index (χ3v) is 14.5. The highest BCUT2D eigenvalue weighted by Gasteiger charge is 2.42. The molecule has 75 heavy (non-hydrogen) atoms. The van der Waals surface area contributed by atoms with E-state index in [-0.39, 0.29) is 54.4 Å². The molecule has 20 nitrogen and oxygen atoms in total. The molecular weight excluding hydrogens is 987 g/mol. The van der Waals surface area contributed by atoms with E-state index in [9.17, 15) is 32.7 Å². The summed E-state index contributed by atoms with van der Waals surface area (Å²) in [5.74, 6) is 0.183. The van der Waals surface area contributed by atoms with Crippen LogP contribution in [0, 0.1) is 0 Å². The fourth-order valence-electron chi connectivity index (χ4n) is 9.01. The molecule has 0 aliphatic carbocycles. The first-order valence-corrected chi connectivity index (χ1v) is 25.4. The average Bonchev–Trinajstić information content (AvgIpc) is 4.15. The van der Waals surface area contributed by atoms with Crippen LogP contribution in [-0.2, 0) is 45.7 Å². The monoisotopic (exact) mass is 1040 g/mol. The summed E-state index contributed by atoms with van der Waals surface area (Å²) >= 11 is 0. The van der Waals surface area contributed by atoms with Gasteiger partial charge in [-0.1, -0.05) is 72.8 Å². The van der Waals surface area contributed by atoms with Crippen LogP contribution >= 0.6 is 0 Å². The summed E-state index contributed by atoms with van der Waals surface area (Å²) in [6.45, 7) is -0.563. The number of carbonyl (C=O) groups excluding carboxylic acids is 3. The minimum absolute atomic E-state index is 0.0209. The number of hydrogen-bond donors (Lipinski definition) is 4. The zero-order valence-electron chi connectivity index (χ0n) is 41.0. The standard InChI is InChI=1S/C54H53N7O13S/c1-69-38-17-13-36(14-18-38)54(35-9-5-4-6-10-35,37-15-19-39(70-2)20-16-37)73-32-45-44(62)30-48(74-45)61-33-56-49-50(61)58-52(59-51(49)65)57-46(63)25-26-55-47(64)29-34-31-60(43-12-8-7-11-42(34)43)53(66)72-27-28-75(67,68)41-23-21-40(71-3)22-24-41/h4-24,31,33,44-45,48,62H,25-30,32H2,1-3H3,(H,55,64)(H2,57,58,59,63,65)/t44-,45?,48?/m1/s1. The van der Waals surface area contributed by atoms with E-state index in [1.165, 1.54) is 53.0 Å². The van der Waals surface area contributed by atoms with E-state index in [4.69, 9.17) is 28.4 Å². The lowest BCUT2D eigenvalue weighted by atomic mass is 9.80. The van der Waals surface area contributed by atoms with Crippen molar-refractivity contribution in [1.29, 1.82) is 0 Å². The molecule has 0 spiro atoms. The number of aromatic nitrogens is 5. The van der Waals surface area contributed by atoms with E-state index in [2.05, 4.69) is 25.6 Å². The maximum atomic E-state index is 13.2. The van der Waals surface area contributed by atoms with Crippen molar-refractivity contribution in [2.45, 2.75) is 48.2 Å². The van der Waals surface area contributed by atoms with Gasteiger partial charge in [0, 0.05) is 31.0 Å². The highest BCUT2D eigenvalue weighted by atomic mass is 32.2. The van der Waals surface area contributed by atoms with Gasteiger partial charge >= 0.3 is 6.09 Å². The van der Waals surface area contributed by atoms with Crippen LogP contribution in [0.15, 0.2) is 150 Å². The van der Waals surface area contributed by atoms with Crippen molar-refractivity contribution in [2.24, 2.45) is 0 Å². The number of para-hydroxylation sites is 1. The van der Waals surface area contributed by atoms with Gasteiger partial charge in [-0.25, -0.2) is 18.2 Å². The van der Waals surface area contributed by atoms with E-state index in [1.807, 2.05) is 78.9 Å². The topological polar surface area (TPSA) is 254 Å². The number of aliphatic hydroxyl groups excluding tert-OH is 1. The smallest absolute Gasteiger partial charge is 0.418 e. The number of hydrogen-bond acceptors (Lipinski definition) is 15. The molecule has 3 aromatic heterocycles. The maximum absolute atomic E-state index is 13.2. The first kappa shape index (κ1) is 51.5. The third kappa shape index (κ3) is 11.1. The number of nitrogens with zero attached hydrogens (tertiary/aromatic N) is 4. The van der Waals surface area contributed by atoms with Crippen molar-refractivity contribution in [1.82, 2.24) is 29.4 Å². The minimum Gasteiger partial charge on any atom is -0.497 e. The Balaban J connectivity index is 0.823. The van der Waals surface area contributed by atoms with Gasteiger partial charge in [-0.3, -0.25) is 33.8 Å². The molecule has 1 aliphatic heterocycles. The second-order valence-corrected chi connectivity index (χ2v) is 19.6.